The maximum absolute atomic E-state index is 11.1. The fraction of sp³-hybridized carbons (Fsp3) is 0.850. The minimum Gasteiger partial charge on any atom is -0.300 e. The standard InChI is InChI=1S/C20H37NO3/c1-3-4-5-6-7-8-9-10-14-17-20(21(23)24)18-15-12-11-13-16-19(2)22/h18H,3-17H2,1-2H3/b20-18+. The van der Waals surface area contributed by atoms with Crippen LogP contribution < -0.4 is 0 Å². The van der Waals surface area contributed by atoms with Crippen LogP contribution in [0.15, 0.2) is 11.8 Å². The van der Waals surface area contributed by atoms with Gasteiger partial charge >= 0.3 is 0 Å². The molecule has 0 aromatic heterocycles. The molecule has 0 radical (unpaired) electrons. The van der Waals surface area contributed by atoms with E-state index in [1.165, 1.54) is 44.9 Å². The minimum atomic E-state index is -0.222. The number of ketones is 1. The summed E-state index contributed by atoms with van der Waals surface area (Å²) in [5.74, 6) is 0.224. The molecule has 0 fully saturated rings. The molecule has 0 spiro atoms. The van der Waals surface area contributed by atoms with Crippen LogP contribution in [0.25, 0.3) is 0 Å². The molecule has 0 amide bonds. The number of carbonyl (C=O) groups is 1. The molecular weight excluding hydrogens is 302 g/mol. The van der Waals surface area contributed by atoms with Crippen molar-refractivity contribution in [3.8, 4) is 0 Å². The Morgan fingerprint density at radius 3 is 1.88 bits per heavy atom. The first-order valence-corrected chi connectivity index (χ1v) is 9.90. The zero-order chi connectivity index (χ0) is 18.0. The lowest BCUT2D eigenvalue weighted by Gasteiger charge is -2.02. The van der Waals surface area contributed by atoms with E-state index in [0.717, 1.165) is 38.5 Å². The van der Waals surface area contributed by atoms with Gasteiger partial charge in [0.2, 0.25) is 5.70 Å². The highest BCUT2D eigenvalue weighted by Gasteiger charge is 2.09. The first kappa shape index (κ1) is 22.8. The normalized spacial score (nSPS) is 11.7. The number of Topliss-reactive ketones (excluding diaryl/α,β-unsaturated/α-hetero) is 1. The van der Waals surface area contributed by atoms with E-state index in [0.29, 0.717) is 18.5 Å². The summed E-state index contributed by atoms with van der Waals surface area (Å²) in [4.78, 5) is 21.7. The van der Waals surface area contributed by atoms with Crippen LogP contribution in [0.5, 0.6) is 0 Å². The van der Waals surface area contributed by atoms with Crippen LogP contribution in [-0.4, -0.2) is 10.7 Å². The van der Waals surface area contributed by atoms with E-state index in [1.54, 1.807) is 13.0 Å². The van der Waals surface area contributed by atoms with Crippen LogP contribution in [0, 0.1) is 10.1 Å². The van der Waals surface area contributed by atoms with Crippen molar-refractivity contribution in [2.75, 3.05) is 0 Å². The molecule has 0 N–H and O–H groups in total. The van der Waals surface area contributed by atoms with Gasteiger partial charge in [0, 0.05) is 12.8 Å². The topological polar surface area (TPSA) is 60.2 Å². The number of hydrogen-bond donors (Lipinski definition) is 0. The van der Waals surface area contributed by atoms with Crippen LogP contribution in [-0.2, 0) is 4.79 Å². The Balaban J connectivity index is 3.67. The maximum atomic E-state index is 11.1. The van der Waals surface area contributed by atoms with Gasteiger partial charge < -0.3 is 4.79 Å². The Hall–Kier alpha value is -1.19. The van der Waals surface area contributed by atoms with Gasteiger partial charge in [0.05, 0.1) is 4.92 Å². The lowest BCUT2D eigenvalue weighted by atomic mass is 10.1. The summed E-state index contributed by atoms with van der Waals surface area (Å²) in [6.45, 7) is 3.84. The molecule has 24 heavy (non-hydrogen) atoms. The van der Waals surface area contributed by atoms with E-state index in [-0.39, 0.29) is 10.7 Å². The van der Waals surface area contributed by atoms with Gasteiger partial charge in [-0.05, 0) is 38.7 Å². The summed E-state index contributed by atoms with van der Waals surface area (Å²) in [6.07, 6.45) is 17.6. The fourth-order valence-corrected chi connectivity index (χ4v) is 2.85. The highest BCUT2D eigenvalue weighted by molar-refractivity contribution is 5.75. The van der Waals surface area contributed by atoms with E-state index in [1.807, 2.05) is 0 Å². The van der Waals surface area contributed by atoms with Gasteiger partial charge in [-0.15, -0.1) is 0 Å². The van der Waals surface area contributed by atoms with E-state index in [4.69, 9.17) is 0 Å². The van der Waals surface area contributed by atoms with Crippen LogP contribution in [0.1, 0.15) is 110 Å². The largest absolute Gasteiger partial charge is 0.300 e. The van der Waals surface area contributed by atoms with E-state index in [9.17, 15) is 14.9 Å². The van der Waals surface area contributed by atoms with Crippen molar-refractivity contribution in [3.05, 3.63) is 21.9 Å². The number of carbonyl (C=O) groups excluding carboxylic acids is 1. The second-order valence-corrected chi connectivity index (χ2v) is 6.83. The molecule has 0 aromatic carbocycles. The molecule has 0 bridgehead atoms. The number of hydrogen-bond acceptors (Lipinski definition) is 3. The molecule has 0 unspecified atom stereocenters. The zero-order valence-corrected chi connectivity index (χ0v) is 15.9. The third-order valence-electron chi connectivity index (χ3n) is 4.38. The first-order chi connectivity index (χ1) is 11.6. The lowest BCUT2D eigenvalue weighted by molar-refractivity contribution is -0.428. The Kier molecular flexibility index (Phi) is 15.8. The second kappa shape index (κ2) is 16.7. The molecule has 0 atom stereocenters. The van der Waals surface area contributed by atoms with E-state index in [2.05, 4.69) is 6.92 Å². The molecule has 0 aliphatic heterocycles. The van der Waals surface area contributed by atoms with Crippen LogP contribution in [0.2, 0.25) is 0 Å². The SMILES string of the molecule is CCCCCCCCCCC/C(=C\CCCCCC(C)=O)[N+](=O)[O-]. The third kappa shape index (κ3) is 15.7. The van der Waals surface area contributed by atoms with Gasteiger partial charge in [-0.1, -0.05) is 64.7 Å². The highest BCUT2D eigenvalue weighted by atomic mass is 16.6. The molecule has 4 heteroatoms. The van der Waals surface area contributed by atoms with Gasteiger partial charge in [-0.25, -0.2) is 0 Å². The quantitative estimate of drug-likeness (QED) is 0.170. The number of unbranched alkanes of at least 4 members (excludes halogenated alkanes) is 11. The molecule has 0 aliphatic rings. The van der Waals surface area contributed by atoms with Gasteiger partial charge in [0.15, 0.2) is 0 Å². The maximum Gasteiger partial charge on any atom is 0.242 e. The lowest BCUT2D eigenvalue weighted by Crippen LogP contribution is -1.99. The summed E-state index contributed by atoms with van der Waals surface area (Å²) in [5.41, 5.74) is 0.379. The Bertz CT molecular complexity index is 364. The molecule has 140 valence electrons. The van der Waals surface area contributed by atoms with Crippen molar-refractivity contribution in [1.29, 1.82) is 0 Å². The summed E-state index contributed by atoms with van der Waals surface area (Å²) >= 11 is 0. The summed E-state index contributed by atoms with van der Waals surface area (Å²) in [7, 11) is 0. The van der Waals surface area contributed by atoms with Crippen molar-refractivity contribution in [2.45, 2.75) is 110 Å². The van der Waals surface area contributed by atoms with Gasteiger partial charge in [0.1, 0.15) is 5.78 Å². The summed E-state index contributed by atoms with van der Waals surface area (Å²) in [6, 6.07) is 0. The van der Waals surface area contributed by atoms with Gasteiger partial charge in [0.25, 0.3) is 0 Å². The van der Waals surface area contributed by atoms with Crippen molar-refractivity contribution in [3.63, 3.8) is 0 Å². The molecule has 0 heterocycles. The van der Waals surface area contributed by atoms with Crippen molar-refractivity contribution >= 4 is 5.78 Å². The number of rotatable bonds is 17. The molecule has 0 saturated heterocycles. The molecule has 4 nitrogen and oxygen atoms in total. The first-order valence-electron chi connectivity index (χ1n) is 9.90. The Labute approximate surface area is 148 Å². The minimum absolute atomic E-state index is 0.222. The Morgan fingerprint density at radius 1 is 0.833 bits per heavy atom. The van der Waals surface area contributed by atoms with Crippen molar-refractivity contribution in [2.24, 2.45) is 0 Å². The summed E-state index contributed by atoms with van der Waals surface area (Å²) < 4.78 is 0. The van der Waals surface area contributed by atoms with Crippen LogP contribution in [0.4, 0.5) is 0 Å². The van der Waals surface area contributed by atoms with Crippen molar-refractivity contribution in [1.82, 2.24) is 0 Å². The molecule has 0 aromatic rings. The summed E-state index contributed by atoms with van der Waals surface area (Å²) in [5, 5.41) is 11.1. The molecule has 0 saturated carbocycles. The molecule has 0 rings (SSSR count). The van der Waals surface area contributed by atoms with E-state index < -0.39 is 0 Å². The zero-order valence-electron chi connectivity index (χ0n) is 15.9. The van der Waals surface area contributed by atoms with Gasteiger partial charge in [-0.2, -0.15) is 0 Å². The van der Waals surface area contributed by atoms with Gasteiger partial charge in [-0.3, -0.25) is 10.1 Å². The fourth-order valence-electron chi connectivity index (χ4n) is 2.85. The van der Waals surface area contributed by atoms with Crippen LogP contribution in [0.3, 0.4) is 0 Å². The van der Waals surface area contributed by atoms with Crippen molar-refractivity contribution < 1.29 is 9.72 Å². The predicted octanol–water partition coefficient (Wildman–Crippen LogP) is 6.61. The molecule has 0 aliphatic carbocycles. The second-order valence-electron chi connectivity index (χ2n) is 6.83. The number of nitrogens with zero attached hydrogens (tertiary/aromatic N) is 1. The number of nitro groups is 1. The predicted molar refractivity (Wildman–Crippen MR) is 101 cm³/mol. The smallest absolute Gasteiger partial charge is 0.242 e. The van der Waals surface area contributed by atoms with Crippen LogP contribution >= 0.6 is 0 Å². The average Bonchev–Trinajstić information content (AvgIpc) is 2.53. The average molecular weight is 340 g/mol. The molecular formula is C20H37NO3. The monoisotopic (exact) mass is 339 g/mol. The third-order valence-corrected chi connectivity index (χ3v) is 4.38. The highest BCUT2D eigenvalue weighted by Crippen LogP contribution is 2.15. The Morgan fingerprint density at radius 2 is 1.33 bits per heavy atom. The van der Waals surface area contributed by atoms with E-state index >= 15 is 0 Å². The number of allylic oxidation sites excluding steroid dienone is 2.